The Morgan fingerprint density at radius 1 is 1.25 bits per heavy atom. The van der Waals surface area contributed by atoms with Crippen LogP contribution in [0, 0.1) is 0 Å². The molecule has 1 atom stereocenters. The smallest absolute Gasteiger partial charge is 0.344 e. The Hall–Kier alpha value is -1.75. The molecule has 110 valence electrons. The van der Waals surface area contributed by atoms with Crippen LogP contribution in [-0.2, 0) is 14.3 Å². The minimum atomic E-state index is -0.598. The summed E-state index contributed by atoms with van der Waals surface area (Å²) in [6.45, 7) is 3.28. The van der Waals surface area contributed by atoms with Gasteiger partial charge in [0.15, 0.2) is 13.2 Å². The van der Waals surface area contributed by atoms with Crippen molar-refractivity contribution in [2.24, 2.45) is 0 Å². The van der Waals surface area contributed by atoms with Gasteiger partial charge in [-0.2, -0.15) is 0 Å². The Balaban J connectivity index is 2.23. The van der Waals surface area contributed by atoms with Crippen LogP contribution in [0.5, 0.6) is 5.75 Å². The molecule has 5 nitrogen and oxygen atoms in total. The zero-order valence-electron chi connectivity index (χ0n) is 11.5. The summed E-state index contributed by atoms with van der Waals surface area (Å²) in [5, 5.41) is 3.28. The summed E-state index contributed by atoms with van der Waals surface area (Å²) < 4.78 is 9.99. The van der Waals surface area contributed by atoms with Gasteiger partial charge in [-0.05, 0) is 37.6 Å². The molecule has 6 heteroatoms. The summed E-state index contributed by atoms with van der Waals surface area (Å²) in [4.78, 5) is 22.8. The van der Waals surface area contributed by atoms with Crippen LogP contribution in [0.1, 0.15) is 20.3 Å². The summed E-state index contributed by atoms with van der Waals surface area (Å²) in [5.74, 6) is -0.408. The van der Waals surface area contributed by atoms with Crippen molar-refractivity contribution < 1.29 is 19.1 Å². The van der Waals surface area contributed by atoms with E-state index in [1.54, 1.807) is 24.3 Å². The van der Waals surface area contributed by atoms with E-state index in [4.69, 9.17) is 21.1 Å². The number of carbonyl (C=O) groups excluding carboxylic acids is 2. The van der Waals surface area contributed by atoms with Gasteiger partial charge in [0.2, 0.25) is 0 Å². The van der Waals surface area contributed by atoms with E-state index in [0.29, 0.717) is 10.8 Å². The topological polar surface area (TPSA) is 64.6 Å². The number of esters is 1. The second-order valence-electron chi connectivity index (χ2n) is 4.28. The van der Waals surface area contributed by atoms with Crippen molar-refractivity contribution in [2.75, 3.05) is 13.2 Å². The molecule has 20 heavy (non-hydrogen) atoms. The fraction of sp³-hybridized carbons (Fsp3) is 0.429. The third kappa shape index (κ3) is 6.43. The average molecular weight is 300 g/mol. The van der Waals surface area contributed by atoms with Gasteiger partial charge in [-0.25, -0.2) is 4.79 Å². The van der Waals surface area contributed by atoms with Gasteiger partial charge in [-0.3, -0.25) is 4.79 Å². The fourth-order valence-corrected chi connectivity index (χ4v) is 1.41. The van der Waals surface area contributed by atoms with Gasteiger partial charge in [-0.1, -0.05) is 18.5 Å². The first-order valence-corrected chi connectivity index (χ1v) is 6.72. The van der Waals surface area contributed by atoms with Gasteiger partial charge in [-0.15, -0.1) is 0 Å². The number of hydrogen-bond acceptors (Lipinski definition) is 4. The van der Waals surface area contributed by atoms with Crippen molar-refractivity contribution in [2.45, 2.75) is 26.3 Å². The third-order valence-corrected chi connectivity index (χ3v) is 2.81. The molecule has 0 aromatic heterocycles. The van der Waals surface area contributed by atoms with Crippen molar-refractivity contribution in [1.82, 2.24) is 5.32 Å². The van der Waals surface area contributed by atoms with Gasteiger partial charge in [0.25, 0.3) is 5.91 Å². The fourth-order valence-electron chi connectivity index (χ4n) is 1.28. The molecular formula is C14H18ClNO4. The van der Waals surface area contributed by atoms with E-state index in [9.17, 15) is 9.59 Å². The van der Waals surface area contributed by atoms with Gasteiger partial charge < -0.3 is 14.8 Å². The van der Waals surface area contributed by atoms with Crippen molar-refractivity contribution in [1.29, 1.82) is 0 Å². The number of carbonyl (C=O) groups is 2. The van der Waals surface area contributed by atoms with E-state index >= 15 is 0 Å². The summed E-state index contributed by atoms with van der Waals surface area (Å²) in [7, 11) is 0. The van der Waals surface area contributed by atoms with Crippen LogP contribution >= 0.6 is 11.6 Å². The Morgan fingerprint density at radius 3 is 2.50 bits per heavy atom. The molecule has 0 bridgehead atoms. The molecule has 0 radical (unpaired) electrons. The monoisotopic (exact) mass is 299 g/mol. The number of hydrogen-bond donors (Lipinski definition) is 1. The van der Waals surface area contributed by atoms with E-state index in [1.165, 1.54) is 0 Å². The van der Waals surface area contributed by atoms with E-state index in [-0.39, 0.29) is 25.2 Å². The van der Waals surface area contributed by atoms with Gasteiger partial charge in [0.05, 0.1) is 0 Å². The van der Waals surface area contributed by atoms with E-state index in [1.807, 2.05) is 13.8 Å². The second-order valence-corrected chi connectivity index (χ2v) is 4.72. The second kappa shape index (κ2) is 8.43. The quantitative estimate of drug-likeness (QED) is 0.784. The molecule has 1 rings (SSSR count). The van der Waals surface area contributed by atoms with Crippen molar-refractivity contribution >= 4 is 23.5 Å². The van der Waals surface area contributed by atoms with Gasteiger partial charge in [0.1, 0.15) is 5.75 Å². The molecule has 0 aliphatic heterocycles. The van der Waals surface area contributed by atoms with Crippen LogP contribution in [0.4, 0.5) is 0 Å². The molecule has 0 heterocycles. The maximum Gasteiger partial charge on any atom is 0.344 e. The van der Waals surface area contributed by atoms with Crippen molar-refractivity contribution in [3.63, 3.8) is 0 Å². The lowest BCUT2D eigenvalue weighted by atomic mass is 10.2. The van der Waals surface area contributed by atoms with Crippen LogP contribution in [0.15, 0.2) is 24.3 Å². The SMILES string of the molecule is CC[C@@H](C)NC(=O)COC(=O)COc1ccc(Cl)cc1. The van der Waals surface area contributed by atoms with Crippen molar-refractivity contribution in [3.8, 4) is 5.75 Å². The predicted molar refractivity (Wildman–Crippen MR) is 75.8 cm³/mol. The highest BCUT2D eigenvalue weighted by atomic mass is 35.5. The Bertz CT molecular complexity index is 447. The lowest BCUT2D eigenvalue weighted by molar-refractivity contribution is -0.150. The number of rotatable bonds is 7. The maximum absolute atomic E-state index is 11.4. The number of amides is 1. The zero-order chi connectivity index (χ0) is 15.0. The van der Waals surface area contributed by atoms with Crippen LogP contribution in [0.2, 0.25) is 5.02 Å². The first-order chi connectivity index (χ1) is 9.51. The minimum absolute atomic E-state index is 0.0616. The minimum Gasteiger partial charge on any atom is -0.482 e. The molecule has 0 saturated carbocycles. The molecule has 0 aliphatic rings. The average Bonchev–Trinajstić information content (AvgIpc) is 2.44. The summed E-state index contributed by atoms with van der Waals surface area (Å²) >= 11 is 5.72. The molecule has 0 spiro atoms. The summed E-state index contributed by atoms with van der Waals surface area (Å²) in [6.07, 6.45) is 0.819. The largest absolute Gasteiger partial charge is 0.482 e. The molecule has 0 fully saturated rings. The highest BCUT2D eigenvalue weighted by Gasteiger charge is 2.10. The Kier molecular flexibility index (Phi) is 6.87. The Morgan fingerprint density at radius 2 is 1.90 bits per heavy atom. The van der Waals surface area contributed by atoms with Crippen LogP contribution < -0.4 is 10.1 Å². The number of benzene rings is 1. The predicted octanol–water partition coefficient (Wildman–Crippen LogP) is 2.18. The molecule has 1 aromatic carbocycles. The number of nitrogens with one attached hydrogen (secondary N) is 1. The van der Waals surface area contributed by atoms with E-state index < -0.39 is 5.97 Å². The maximum atomic E-state index is 11.4. The number of halogens is 1. The molecule has 0 aliphatic carbocycles. The number of ether oxygens (including phenoxy) is 2. The van der Waals surface area contributed by atoms with E-state index in [0.717, 1.165) is 6.42 Å². The molecule has 1 amide bonds. The highest BCUT2D eigenvalue weighted by Crippen LogP contribution is 2.15. The highest BCUT2D eigenvalue weighted by molar-refractivity contribution is 6.30. The molecule has 0 unspecified atom stereocenters. The summed E-state index contributed by atoms with van der Waals surface area (Å²) in [6, 6.07) is 6.66. The van der Waals surface area contributed by atoms with Crippen LogP contribution in [0.3, 0.4) is 0 Å². The lowest BCUT2D eigenvalue weighted by Gasteiger charge is -2.11. The standard InChI is InChI=1S/C14H18ClNO4/c1-3-10(2)16-13(17)8-20-14(18)9-19-12-6-4-11(15)5-7-12/h4-7,10H,3,8-9H2,1-2H3,(H,16,17)/t10-/m1/s1. The van der Waals surface area contributed by atoms with Gasteiger partial charge >= 0.3 is 5.97 Å². The normalized spacial score (nSPS) is 11.6. The van der Waals surface area contributed by atoms with Crippen LogP contribution in [0.25, 0.3) is 0 Å². The molecule has 0 saturated heterocycles. The summed E-state index contributed by atoms with van der Waals surface area (Å²) in [5.41, 5.74) is 0. The van der Waals surface area contributed by atoms with Crippen LogP contribution in [-0.4, -0.2) is 31.1 Å². The van der Waals surface area contributed by atoms with Gasteiger partial charge in [0, 0.05) is 11.1 Å². The first kappa shape index (κ1) is 16.3. The lowest BCUT2D eigenvalue weighted by Crippen LogP contribution is -2.35. The van der Waals surface area contributed by atoms with E-state index in [2.05, 4.69) is 5.32 Å². The zero-order valence-corrected chi connectivity index (χ0v) is 12.3. The Labute approximate surface area is 123 Å². The first-order valence-electron chi connectivity index (χ1n) is 6.34. The molecular weight excluding hydrogens is 282 g/mol. The van der Waals surface area contributed by atoms with Crippen molar-refractivity contribution in [3.05, 3.63) is 29.3 Å². The third-order valence-electron chi connectivity index (χ3n) is 2.55. The molecule has 1 aromatic rings. The molecule has 1 N–H and O–H groups in total.